The minimum Gasteiger partial charge on any atom is -0.339 e. The SMILES string of the molecule is N#Cc1cccc(Cc2nc(C(=O)N[C@H]3C(=O)Cc4c(F)cc(F)cc4[C@H]4C[C@H]43)n[nH]2)c1. The molecule has 2 N–H and O–H groups in total. The summed E-state index contributed by atoms with van der Waals surface area (Å²) < 4.78 is 27.9. The van der Waals surface area contributed by atoms with Gasteiger partial charge in [0.2, 0.25) is 5.82 Å². The molecule has 32 heavy (non-hydrogen) atoms. The summed E-state index contributed by atoms with van der Waals surface area (Å²) in [4.78, 5) is 29.7. The third-order valence-electron chi connectivity index (χ3n) is 6.01. The fraction of sp³-hybridized carbons (Fsp3) is 0.261. The molecule has 5 rings (SSSR count). The van der Waals surface area contributed by atoms with Crippen LogP contribution in [0.5, 0.6) is 0 Å². The van der Waals surface area contributed by atoms with E-state index in [4.69, 9.17) is 5.26 Å². The highest BCUT2D eigenvalue weighted by molar-refractivity contribution is 5.97. The van der Waals surface area contributed by atoms with Gasteiger partial charge in [-0.2, -0.15) is 5.26 Å². The lowest BCUT2D eigenvalue weighted by Gasteiger charge is -2.15. The van der Waals surface area contributed by atoms with Crippen molar-refractivity contribution >= 4 is 11.7 Å². The predicted octanol–water partition coefficient (Wildman–Crippen LogP) is 2.57. The van der Waals surface area contributed by atoms with E-state index >= 15 is 0 Å². The molecule has 1 heterocycles. The summed E-state index contributed by atoms with van der Waals surface area (Å²) in [5, 5.41) is 18.3. The molecule has 160 valence electrons. The Morgan fingerprint density at radius 3 is 2.94 bits per heavy atom. The zero-order valence-corrected chi connectivity index (χ0v) is 16.7. The summed E-state index contributed by atoms with van der Waals surface area (Å²) in [6, 6.07) is 10.3. The number of Topliss-reactive ketones (excluding diaryl/α,β-unsaturated/α-hetero) is 1. The first-order valence-electron chi connectivity index (χ1n) is 10.1. The van der Waals surface area contributed by atoms with E-state index in [-0.39, 0.29) is 35.4 Å². The molecule has 2 aliphatic carbocycles. The second kappa shape index (κ2) is 7.64. The first kappa shape index (κ1) is 20.0. The first-order valence-corrected chi connectivity index (χ1v) is 10.1. The summed E-state index contributed by atoms with van der Waals surface area (Å²) in [5.41, 5.74) is 2.07. The minimum atomic E-state index is -0.809. The number of hydrogen-bond donors (Lipinski definition) is 2. The number of nitrogens with one attached hydrogen (secondary N) is 2. The van der Waals surface area contributed by atoms with Gasteiger partial charge in [-0.25, -0.2) is 13.8 Å². The van der Waals surface area contributed by atoms with Crippen LogP contribution in [-0.2, 0) is 17.6 Å². The normalized spacial score (nSPS) is 21.2. The van der Waals surface area contributed by atoms with Gasteiger partial charge in [0.15, 0.2) is 5.78 Å². The van der Waals surface area contributed by atoms with Crippen LogP contribution in [0.15, 0.2) is 36.4 Å². The van der Waals surface area contributed by atoms with E-state index in [1.54, 1.807) is 18.2 Å². The maximum absolute atomic E-state index is 14.2. The standard InChI is InChI=1S/C23H17F2N5O2/c24-13-6-14-15-8-17(15)21(19(31)9-16(14)18(25)7-13)28-23(32)22-27-20(29-30-22)5-11-2-1-3-12(4-11)10-26/h1-4,6-7,15,17,21H,5,8-9H2,(H,28,32)(H,27,29,30)/t15-,17-,21-/m1/s1. The van der Waals surface area contributed by atoms with Crippen LogP contribution >= 0.6 is 0 Å². The number of rotatable bonds is 4. The fourth-order valence-corrected chi connectivity index (χ4v) is 4.42. The van der Waals surface area contributed by atoms with Gasteiger partial charge in [0.05, 0.1) is 17.7 Å². The third-order valence-corrected chi connectivity index (χ3v) is 6.01. The average Bonchev–Trinajstić information content (AvgIpc) is 3.44. The van der Waals surface area contributed by atoms with Crippen molar-refractivity contribution in [2.45, 2.75) is 31.2 Å². The van der Waals surface area contributed by atoms with Gasteiger partial charge in [-0.05, 0) is 53.1 Å². The zero-order chi connectivity index (χ0) is 22.4. The van der Waals surface area contributed by atoms with Gasteiger partial charge in [0.25, 0.3) is 5.91 Å². The lowest BCUT2D eigenvalue weighted by atomic mass is 9.99. The molecular weight excluding hydrogens is 416 g/mol. The zero-order valence-electron chi connectivity index (χ0n) is 16.7. The average molecular weight is 433 g/mol. The van der Waals surface area contributed by atoms with Crippen LogP contribution < -0.4 is 5.32 Å². The molecule has 1 amide bonds. The quantitative estimate of drug-likeness (QED) is 0.657. The molecule has 7 nitrogen and oxygen atoms in total. The molecule has 3 aromatic rings. The van der Waals surface area contributed by atoms with Crippen LogP contribution in [0.3, 0.4) is 0 Å². The summed E-state index contributed by atoms with van der Waals surface area (Å²) in [6.07, 6.45) is 0.720. The number of aromatic amines is 1. The molecule has 1 fully saturated rings. The molecule has 2 aromatic carbocycles. The number of fused-ring (bicyclic) bond motifs is 3. The van der Waals surface area contributed by atoms with Gasteiger partial charge in [-0.3, -0.25) is 14.7 Å². The van der Waals surface area contributed by atoms with Crippen molar-refractivity contribution < 1.29 is 18.4 Å². The van der Waals surface area contributed by atoms with Crippen molar-refractivity contribution in [3.05, 3.63) is 81.9 Å². The van der Waals surface area contributed by atoms with E-state index in [0.29, 0.717) is 29.8 Å². The molecule has 0 radical (unpaired) electrons. The Bertz CT molecular complexity index is 1300. The van der Waals surface area contributed by atoms with Gasteiger partial charge in [0, 0.05) is 18.9 Å². The van der Waals surface area contributed by atoms with Crippen molar-refractivity contribution in [1.82, 2.24) is 20.5 Å². The van der Waals surface area contributed by atoms with Crippen LogP contribution in [0, 0.1) is 28.9 Å². The van der Waals surface area contributed by atoms with Gasteiger partial charge in [0.1, 0.15) is 17.5 Å². The molecule has 1 aromatic heterocycles. The maximum atomic E-state index is 14.2. The molecule has 0 spiro atoms. The van der Waals surface area contributed by atoms with Crippen LogP contribution in [0.2, 0.25) is 0 Å². The number of carbonyl (C=O) groups excluding carboxylic acids is 2. The lowest BCUT2D eigenvalue weighted by molar-refractivity contribution is -0.120. The second-order valence-electron chi connectivity index (χ2n) is 8.15. The Morgan fingerprint density at radius 2 is 2.12 bits per heavy atom. The summed E-state index contributed by atoms with van der Waals surface area (Å²) >= 11 is 0. The van der Waals surface area contributed by atoms with E-state index in [2.05, 4.69) is 26.6 Å². The third kappa shape index (κ3) is 3.64. The highest BCUT2D eigenvalue weighted by Gasteiger charge is 2.51. The highest BCUT2D eigenvalue weighted by atomic mass is 19.1. The van der Waals surface area contributed by atoms with Gasteiger partial charge >= 0.3 is 0 Å². The molecule has 3 atom stereocenters. The highest BCUT2D eigenvalue weighted by Crippen LogP contribution is 2.53. The number of amides is 1. The van der Waals surface area contributed by atoms with Crippen molar-refractivity contribution in [3.8, 4) is 6.07 Å². The van der Waals surface area contributed by atoms with Crippen molar-refractivity contribution in [2.24, 2.45) is 5.92 Å². The summed E-state index contributed by atoms with van der Waals surface area (Å²) in [5.74, 6) is -2.38. The number of hydrogen-bond acceptors (Lipinski definition) is 5. The number of nitrogens with zero attached hydrogens (tertiary/aromatic N) is 3. The minimum absolute atomic E-state index is 0.111. The Balaban J connectivity index is 1.30. The molecular formula is C23H17F2N5O2. The number of ketones is 1. The molecule has 0 bridgehead atoms. The van der Waals surface area contributed by atoms with Gasteiger partial charge in [-0.1, -0.05) is 12.1 Å². The van der Waals surface area contributed by atoms with Crippen LogP contribution in [0.25, 0.3) is 0 Å². The number of H-pyrrole nitrogens is 1. The van der Waals surface area contributed by atoms with Gasteiger partial charge < -0.3 is 5.32 Å². The lowest BCUT2D eigenvalue weighted by Crippen LogP contribution is -2.43. The topological polar surface area (TPSA) is 112 Å². The Morgan fingerprint density at radius 1 is 1.28 bits per heavy atom. The van der Waals surface area contributed by atoms with Crippen molar-refractivity contribution in [1.29, 1.82) is 5.26 Å². The Kier molecular flexibility index (Phi) is 4.78. The first-order chi connectivity index (χ1) is 15.4. The number of carbonyl (C=O) groups is 2. The van der Waals surface area contributed by atoms with Crippen molar-refractivity contribution in [2.75, 3.05) is 0 Å². The Labute approximate surface area is 181 Å². The molecule has 1 saturated carbocycles. The number of benzene rings is 2. The van der Waals surface area contributed by atoms with E-state index in [1.807, 2.05) is 6.07 Å². The van der Waals surface area contributed by atoms with Crippen LogP contribution in [-0.4, -0.2) is 32.9 Å². The molecule has 2 aliphatic rings. The van der Waals surface area contributed by atoms with E-state index in [0.717, 1.165) is 11.6 Å². The molecule has 0 unspecified atom stereocenters. The number of nitriles is 1. The molecule has 0 aliphatic heterocycles. The van der Waals surface area contributed by atoms with Crippen molar-refractivity contribution in [3.63, 3.8) is 0 Å². The van der Waals surface area contributed by atoms with E-state index in [1.165, 1.54) is 6.07 Å². The largest absolute Gasteiger partial charge is 0.339 e. The summed E-state index contributed by atoms with van der Waals surface area (Å²) in [6.45, 7) is 0. The second-order valence-corrected chi connectivity index (χ2v) is 8.15. The van der Waals surface area contributed by atoms with E-state index < -0.39 is 23.6 Å². The molecule has 0 saturated heterocycles. The smallest absolute Gasteiger partial charge is 0.291 e. The fourth-order valence-electron chi connectivity index (χ4n) is 4.42. The predicted molar refractivity (Wildman–Crippen MR) is 108 cm³/mol. The monoisotopic (exact) mass is 433 g/mol. The number of halogens is 2. The van der Waals surface area contributed by atoms with E-state index in [9.17, 15) is 18.4 Å². The molecule has 9 heteroatoms. The Hall–Kier alpha value is -3.93. The van der Waals surface area contributed by atoms with Gasteiger partial charge in [-0.15, -0.1) is 5.10 Å². The van der Waals surface area contributed by atoms with Crippen LogP contribution in [0.1, 0.15) is 51.0 Å². The number of aromatic nitrogens is 3. The maximum Gasteiger partial charge on any atom is 0.291 e. The summed E-state index contributed by atoms with van der Waals surface area (Å²) in [7, 11) is 0. The van der Waals surface area contributed by atoms with Crippen LogP contribution in [0.4, 0.5) is 8.78 Å².